The number of esters is 2. The first kappa shape index (κ1) is 27.0. The number of hydrogen-bond acceptors (Lipinski definition) is 5. The number of halogens is 7. The van der Waals surface area contributed by atoms with Gasteiger partial charge in [-0.05, 0) is 50.1 Å². The molecule has 0 unspecified atom stereocenters. The highest BCUT2D eigenvalue weighted by Crippen LogP contribution is 2.44. The van der Waals surface area contributed by atoms with Crippen molar-refractivity contribution in [3.05, 3.63) is 56.3 Å². The smallest absolute Gasteiger partial charge is 0.419 e. The fourth-order valence-corrected chi connectivity index (χ4v) is 3.46. The summed E-state index contributed by atoms with van der Waals surface area (Å²) in [4.78, 5) is 24.4. The first-order valence-electron chi connectivity index (χ1n) is 9.44. The molecule has 180 valence electrons. The highest BCUT2D eigenvalue weighted by molar-refractivity contribution is 6.37. The predicted molar refractivity (Wildman–Crippen MR) is 113 cm³/mol. The molecule has 0 fully saturated rings. The lowest BCUT2D eigenvalue weighted by atomic mass is 9.99. The molecule has 0 amide bonds. The Kier molecular flexibility index (Phi) is 9.22. The topological polar surface area (TPSA) is 61.8 Å². The minimum absolute atomic E-state index is 0.0299. The molecule has 2 aromatic carbocycles. The van der Waals surface area contributed by atoms with Crippen LogP contribution in [0.4, 0.5) is 17.6 Å². The standard InChI is InChI=1S/C21H17Cl3F4O5/c1-3-31-19(29)12(20(30)32-4-2)8-10-7-11(5-6-14(10)22)33-18-15(23)9-13(21(26,27)28)17(25)16(18)24/h5-7,9,12H,3-4,8H2,1-2H3. The maximum absolute atomic E-state index is 14.2. The van der Waals surface area contributed by atoms with Gasteiger partial charge < -0.3 is 14.2 Å². The molecular formula is C21H17Cl3F4O5. The van der Waals surface area contributed by atoms with Gasteiger partial charge in [0, 0.05) is 5.02 Å². The molecule has 5 nitrogen and oxygen atoms in total. The molecule has 0 saturated carbocycles. The number of carbonyl (C=O) groups is 2. The highest BCUT2D eigenvalue weighted by Gasteiger charge is 2.37. The Hall–Kier alpha value is -2.23. The summed E-state index contributed by atoms with van der Waals surface area (Å²) in [7, 11) is 0. The zero-order valence-electron chi connectivity index (χ0n) is 17.2. The summed E-state index contributed by atoms with van der Waals surface area (Å²) in [6.45, 7) is 3.20. The molecular weight excluding hydrogens is 515 g/mol. The second kappa shape index (κ2) is 11.3. The summed E-state index contributed by atoms with van der Waals surface area (Å²) in [5.74, 6) is -5.31. The van der Waals surface area contributed by atoms with E-state index in [0.717, 1.165) is 0 Å². The van der Waals surface area contributed by atoms with Crippen LogP contribution in [0.3, 0.4) is 0 Å². The number of ether oxygens (including phenoxy) is 3. The van der Waals surface area contributed by atoms with Gasteiger partial charge in [0.25, 0.3) is 0 Å². The van der Waals surface area contributed by atoms with Gasteiger partial charge in [-0.15, -0.1) is 0 Å². The van der Waals surface area contributed by atoms with Gasteiger partial charge in [-0.3, -0.25) is 9.59 Å². The number of alkyl halides is 3. The van der Waals surface area contributed by atoms with E-state index in [2.05, 4.69) is 0 Å². The van der Waals surface area contributed by atoms with Crippen molar-refractivity contribution in [3.63, 3.8) is 0 Å². The molecule has 0 bridgehead atoms. The molecule has 12 heteroatoms. The van der Waals surface area contributed by atoms with Crippen LogP contribution in [0.1, 0.15) is 25.0 Å². The van der Waals surface area contributed by atoms with Crippen molar-refractivity contribution in [3.8, 4) is 11.5 Å². The third-order valence-electron chi connectivity index (χ3n) is 4.23. The zero-order valence-corrected chi connectivity index (χ0v) is 19.5. The maximum atomic E-state index is 14.2. The predicted octanol–water partition coefficient (Wildman–Crippen LogP) is 6.88. The van der Waals surface area contributed by atoms with Crippen LogP contribution in [0.15, 0.2) is 24.3 Å². The van der Waals surface area contributed by atoms with Gasteiger partial charge >= 0.3 is 18.1 Å². The first-order chi connectivity index (χ1) is 15.4. The van der Waals surface area contributed by atoms with E-state index in [1.807, 2.05) is 0 Å². The summed E-state index contributed by atoms with van der Waals surface area (Å²) in [5, 5.41) is -1.40. The van der Waals surface area contributed by atoms with Crippen molar-refractivity contribution in [1.29, 1.82) is 0 Å². The second-order valence-corrected chi connectivity index (χ2v) is 7.67. The van der Waals surface area contributed by atoms with Gasteiger partial charge in [0.1, 0.15) is 10.8 Å². The molecule has 0 atom stereocenters. The largest absolute Gasteiger partial charge is 0.465 e. The Morgan fingerprint density at radius 1 is 0.970 bits per heavy atom. The minimum atomic E-state index is -5.02. The average Bonchev–Trinajstić information content (AvgIpc) is 2.73. The molecule has 0 saturated heterocycles. The molecule has 0 radical (unpaired) electrons. The Balaban J connectivity index is 2.40. The van der Waals surface area contributed by atoms with Crippen LogP contribution in [0.2, 0.25) is 15.1 Å². The molecule has 2 rings (SSSR count). The van der Waals surface area contributed by atoms with Gasteiger partial charge in [-0.1, -0.05) is 34.8 Å². The lowest BCUT2D eigenvalue weighted by Crippen LogP contribution is -2.30. The van der Waals surface area contributed by atoms with Crippen molar-refractivity contribution in [1.82, 2.24) is 0 Å². The van der Waals surface area contributed by atoms with E-state index in [4.69, 9.17) is 49.0 Å². The summed E-state index contributed by atoms with van der Waals surface area (Å²) >= 11 is 17.7. The number of hydrogen-bond donors (Lipinski definition) is 0. The van der Waals surface area contributed by atoms with Crippen LogP contribution in [0, 0.1) is 11.7 Å². The van der Waals surface area contributed by atoms with Crippen LogP contribution in [0.25, 0.3) is 0 Å². The molecule has 0 spiro atoms. The molecule has 0 N–H and O–H groups in total. The third-order valence-corrected chi connectivity index (χ3v) is 5.21. The van der Waals surface area contributed by atoms with Crippen molar-refractivity contribution in [2.75, 3.05) is 13.2 Å². The maximum Gasteiger partial charge on any atom is 0.419 e. The quantitative estimate of drug-likeness (QED) is 0.161. The van der Waals surface area contributed by atoms with Gasteiger partial charge in [-0.2, -0.15) is 13.2 Å². The van der Waals surface area contributed by atoms with E-state index >= 15 is 0 Å². The van der Waals surface area contributed by atoms with E-state index < -0.39 is 51.2 Å². The summed E-state index contributed by atoms with van der Waals surface area (Å²) in [6.07, 6.45) is -5.24. The minimum Gasteiger partial charge on any atom is -0.465 e. The van der Waals surface area contributed by atoms with Gasteiger partial charge in [0.15, 0.2) is 17.5 Å². The van der Waals surface area contributed by atoms with E-state index in [9.17, 15) is 27.2 Å². The van der Waals surface area contributed by atoms with Crippen LogP contribution in [-0.4, -0.2) is 25.2 Å². The molecule has 0 aromatic heterocycles. The number of benzene rings is 2. The fourth-order valence-electron chi connectivity index (χ4n) is 2.74. The Labute approximate surface area is 201 Å². The van der Waals surface area contributed by atoms with E-state index in [1.54, 1.807) is 13.8 Å². The Morgan fingerprint density at radius 2 is 1.55 bits per heavy atom. The lowest BCUT2D eigenvalue weighted by molar-refractivity contribution is -0.161. The van der Waals surface area contributed by atoms with Crippen LogP contribution in [-0.2, 0) is 31.7 Å². The molecule has 0 aliphatic carbocycles. The SMILES string of the molecule is CCOC(=O)C(Cc1cc(Oc2c(Cl)cc(C(F)(F)F)c(F)c2Cl)ccc1Cl)C(=O)OCC. The van der Waals surface area contributed by atoms with Crippen LogP contribution >= 0.6 is 34.8 Å². The number of carbonyl (C=O) groups excluding carboxylic acids is 2. The second-order valence-electron chi connectivity index (χ2n) is 6.48. The fraction of sp³-hybridized carbons (Fsp3) is 0.333. The third kappa shape index (κ3) is 6.65. The molecule has 33 heavy (non-hydrogen) atoms. The molecule has 0 aliphatic heterocycles. The number of rotatable bonds is 8. The summed E-state index contributed by atoms with van der Waals surface area (Å²) < 4.78 is 68.2. The molecule has 0 aliphatic rings. The van der Waals surface area contributed by atoms with Gasteiger partial charge in [-0.25, -0.2) is 4.39 Å². The average molecular weight is 532 g/mol. The first-order valence-corrected chi connectivity index (χ1v) is 10.6. The van der Waals surface area contributed by atoms with Crippen molar-refractivity contribution < 1.29 is 41.4 Å². The van der Waals surface area contributed by atoms with E-state index in [-0.39, 0.29) is 36.0 Å². The summed E-state index contributed by atoms with van der Waals surface area (Å²) in [6, 6.07) is 4.32. The van der Waals surface area contributed by atoms with E-state index in [1.165, 1.54) is 18.2 Å². The van der Waals surface area contributed by atoms with Crippen LogP contribution < -0.4 is 4.74 Å². The monoisotopic (exact) mass is 530 g/mol. The highest BCUT2D eigenvalue weighted by atomic mass is 35.5. The zero-order chi connectivity index (χ0) is 24.9. The van der Waals surface area contributed by atoms with Crippen LogP contribution in [0.5, 0.6) is 11.5 Å². The normalized spacial score (nSPS) is 11.5. The van der Waals surface area contributed by atoms with Gasteiger partial charge in [0.2, 0.25) is 0 Å². The Bertz CT molecular complexity index is 1030. The van der Waals surface area contributed by atoms with Crippen molar-refractivity contribution in [2.24, 2.45) is 5.92 Å². The van der Waals surface area contributed by atoms with E-state index in [0.29, 0.717) is 6.07 Å². The Morgan fingerprint density at radius 3 is 2.06 bits per heavy atom. The summed E-state index contributed by atoms with van der Waals surface area (Å²) in [5.41, 5.74) is -1.40. The molecule has 2 aromatic rings. The van der Waals surface area contributed by atoms with Crippen molar-refractivity contribution in [2.45, 2.75) is 26.4 Å². The van der Waals surface area contributed by atoms with Gasteiger partial charge in [0.05, 0.1) is 23.8 Å². The lowest BCUT2D eigenvalue weighted by Gasteiger charge is -2.17. The van der Waals surface area contributed by atoms with Crippen molar-refractivity contribution >= 4 is 46.7 Å². The molecule has 0 heterocycles.